The van der Waals surface area contributed by atoms with Crippen LogP contribution in [0, 0.1) is 23.1 Å². The van der Waals surface area contributed by atoms with Crippen molar-refractivity contribution in [3.8, 4) is 0 Å². The third-order valence-corrected chi connectivity index (χ3v) is 8.80. The van der Waals surface area contributed by atoms with Crippen LogP contribution in [-0.4, -0.2) is 27.6 Å². The van der Waals surface area contributed by atoms with E-state index in [1.54, 1.807) is 19.3 Å². The molecule has 35 heavy (non-hydrogen) atoms. The van der Waals surface area contributed by atoms with Gasteiger partial charge in [0.25, 0.3) is 5.91 Å². The van der Waals surface area contributed by atoms with Crippen molar-refractivity contribution in [2.75, 3.05) is 5.32 Å². The van der Waals surface area contributed by atoms with Gasteiger partial charge in [0, 0.05) is 18.9 Å². The fourth-order valence-electron chi connectivity index (χ4n) is 6.27. The Hall–Kier alpha value is -2.70. The van der Waals surface area contributed by atoms with E-state index in [4.69, 9.17) is 0 Å². The fourth-order valence-corrected chi connectivity index (χ4v) is 6.27. The second kappa shape index (κ2) is 9.75. The Bertz CT molecular complexity index is 1080. The molecule has 0 radical (unpaired) electrons. The average Bonchev–Trinajstić information content (AvgIpc) is 3.40. The van der Waals surface area contributed by atoms with Crippen molar-refractivity contribution < 1.29 is 14.0 Å². The maximum atomic E-state index is 15.0. The number of nitrogens with zero attached hydrogens (tertiary/aromatic N) is 2. The Morgan fingerprint density at radius 2 is 1.83 bits per heavy atom. The van der Waals surface area contributed by atoms with Crippen molar-refractivity contribution >= 4 is 17.5 Å². The van der Waals surface area contributed by atoms with Crippen molar-refractivity contribution in [1.82, 2.24) is 15.1 Å². The molecule has 3 fully saturated rings. The Kier molecular flexibility index (Phi) is 6.69. The third kappa shape index (κ3) is 5.00. The van der Waals surface area contributed by atoms with Crippen LogP contribution in [0.3, 0.4) is 0 Å². The maximum absolute atomic E-state index is 15.0. The second-order valence-corrected chi connectivity index (χ2v) is 11.2. The van der Waals surface area contributed by atoms with Gasteiger partial charge in [0.2, 0.25) is 5.91 Å². The molecule has 6 nitrogen and oxygen atoms in total. The molecule has 1 aromatic carbocycles. The standard InChI is InChI=1S/C28H37FN4O2/c1-28(14-15-28)24(19-9-6-10-19)25(32-26(34)23-13-16-30-33(23)2)27(35)31-20-11-12-21(22(29)17-20)18-7-4-3-5-8-18/h11-13,16-19,24-25H,3-10,14-15H2,1-2H3,(H,31,35)(H,32,34)/t24?,25-/m0/s1. The number of anilines is 1. The lowest BCUT2D eigenvalue weighted by Gasteiger charge is -2.42. The molecule has 0 bridgehead atoms. The first-order chi connectivity index (χ1) is 16.9. The molecule has 3 saturated carbocycles. The van der Waals surface area contributed by atoms with Gasteiger partial charge in [-0.2, -0.15) is 5.10 Å². The number of carbonyl (C=O) groups is 2. The predicted molar refractivity (Wildman–Crippen MR) is 133 cm³/mol. The Morgan fingerprint density at radius 1 is 1.09 bits per heavy atom. The van der Waals surface area contributed by atoms with Crippen molar-refractivity contribution in [3.63, 3.8) is 0 Å². The first-order valence-corrected chi connectivity index (χ1v) is 13.2. The number of rotatable bonds is 8. The molecule has 3 aliphatic carbocycles. The van der Waals surface area contributed by atoms with Crippen LogP contribution in [0.1, 0.15) is 93.1 Å². The Morgan fingerprint density at radius 3 is 2.40 bits per heavy atom. The summed E-state index contributed by atoms with van der Waals surface area (Å²) in [5.74, 6) is -0.102. The van der Waals surface area contributed by atoms with E-state index in [-0.39, 0.29) is 34.9 Å². The number of nitrogens with one attached hydrogen (secondary N) is 2. The molecule has 7 heteroatoms. The normalized spacial score (nSPS) is 21.6. The summed E-state index contributed by atoms with van der Waals surface area (Å²) in [4.78, 5) is 26.8. The SMILES string of the molecule is Cn1nccc1C(=O)N[C@H](C(=O)Nc1ccc(C2CCCCC2)c(F)c1)C(C1CCC1)C1(C)CC1. The van der Waals surface area contributed by atoms with Crippen molar-refractivity contribution in [1.29, 1.82) is 0 Å². The van der Waals surface area contributed by atoms with Gasteiger partial charge in [-0.05, 0) is 72.6 Å². The zero-order valence-corrected chi connectivity index (χ0v) is 20.9. The molecule has 2 amide bonds. The minimum atomic E-state index is -0.684. The maximum Gasteiger partial charge on any atom is 0.270 e. The smallest absolute Gasteiger partial charge is 0.270 e. The van der Waals surface area contributed by atoms with Gasteiger partial charge in [-0.1, -0.05) is 51.5 Å². The van der Waals surface area contributed by atoms with Gasteiger partial charge in [0.05, 0.1) is 0 Å². The fraction of sp³-hybridized carbons (Fsp3) is 0.607. The summed E-state index contributed by atoms with van der Waals surface area (Å²) < 4.78 is 16.6. The first-order valence-electron chi connectivity index (χ1n) is 13.2. The highest BCUT2D eigenvalue weighted by atomic mass is 19.1. The van der Waals surface area contributed by atoms with Crippen LogP contribution >= 0.6 is 0 Å². The molecular formula is C28H37FN4O2. The van der Waals surface area contributed by atoms with Gasteiger partial charge in [0.1, 0.15) is 17.6 Å². The van der Waals surface area contributed by atoms with Gasteiger partial charge in [-0.15, -0.1) is 0 Å². The molecule has 1 unspecified atom stereocenters. The van der Waals surface area contributed by atoms with Crippen LogP contribution < -0.4 is 10.6 Å². The van der Waals surface area contributed by atoms with Crippen molar-refractivity contribution in [2.45, 2.75) is 83.1 Å². The summed E-state index contributed by atoms with van der Waals surface area (Å²) in [5.41, 5.74) is 1.66. The van der Waals surface area contributed by atoms with Crippen LogP contribution in [0.4, 0.5) is 10.1 Å². The van der Waals surface area contributed by atoms with Crippen LogP contribution in [0.15, 0.2) is 30.5 Å². The van der Waals surface area contributed by atoms with Gasteiger partial charge in [0.15, 0.2) is 0 Å². The van der Waals surface area contributed by atoms with Crippen LogP contribution in [0.5, 0.6) is 0 Å². The summed E-state index contributed by atoms with van der Waals surface area (Å²) >= 11 is 0. The topological polar surface area (TPSA) is 76.0 Å². The summed E-state index contributed by atoms with van der Waals surface area (Å²) in [5, 5.41) is 10.1. The minimum absolute atomic E-state index is 0.0446. The third-order valence-electron chi connectivity index (χ3n) is 8.80. The molecule has 0 aliphatic heterocycles. The largest absolute Gasteiger partial charge is 0.339 e. The number of carbonyl (C=O) groups excluding carboxylic acids is 2. The quantitative estimate of drug-likeness (QED) is 0.519. The zero-order chi connectivity index (χ0) is 24.6. The van der Waals surface area contributed by atoms with Crippen LogP contribution in [0.2, 0.25) is 0 Å². The lowest BCUT2D eigenvalue weighted by atomic mass is 9.66. The monoisotopic (exact) mass is 480 g/mol. The van der Waals surface area contributed by atoms with E-state index in [0.29, 0.717) is 17.3 Å². The summed E-state index contributed by atoms with van der Waals surface area (Å²) in [6.07, 6.45) is 12.6. The van der Waals surface area contributed by atoms with Gasteiger partial charge in [-0.3, -0.25) is 14.3 Å². The lowest BCUT2D eigenvalue weighted by Crippen LogP contribution is -2.54. The highest BCUT2D eigenvalue weighted by Crippen LogP contribution is 2.58. The van der Waals surface area contributed by atoms with E-state index in [1.807, 2.05) is 12.1 Å². The number of hydrogen-bond acceptors (Lipinski definition) is 3. The lowest BCUT2D eigenvalue weighted by molar-refractivity contribution is -0.121. The molecule has 3 aliphatic rings. The molecule has 2 aromatic rings. The van der Waals surface area contributed by atoms with E-state index in [0.717, 1.165) is 63.4 Å². The number of benzene rings is 1. The summed E-state index contributed by atoms with van der Waals surface area (Å²) in [6.45, 7) is 2.23. The van der Waals surface area contributed by atoms with Gasteiger partial charge in [-0.25, -0.2) is 4.39 Å². The minimum Gasteiger partial charge on any atom is -0.339 e. The molecule has 5 rings (SSSR count). The van der Waals surface area contributed by atoms with Gasteiger partial charge >= 0.3 is 0 Å². The highest BCUT2D eigenvalue weighted by Gasteiger charge is 2.54. The van der Waals surface area contributed by atoms with E-state index in [2.05, 4.69) is 22.7 Å². The summed E-state index contributed by atoms with van der Waals surface area (Å²) in [6, 6.07) is 6.05. The Labute approximate surface area is 207 Å². The first kappa shape index (κ1) is 24.0. The van der Waals surface area contributed by atoms with Crippen molar-refractivity contribution in [3.05, 3.63) is 47.5 Å². The number of halogens is 1. The van der Waals surface area contributed by atoms with Crippen LogP contribution in [-0.2, 0) is 11.8 Å². The van der Waals surface area contributed by atoms with E-state index < -0.39 is 6.04 Å². The molecular weight excluding hydrogens is 443 g/mol. The number of hydrogen-bond donors (Lipinski definition) is 2. The molecule has 1 aromatic heterocycles. The molecule has 2 atom stereocenters. The predicted octanol–water partition coefficient (Wildman–Crippen LogP) is 5.56. The van der Waals surface area contributed by atoms with Crippen molar-refractivity contribution in [2.24, 2.45) is 24.3 Å². The molecule has 1 heterocycles. The molecule has 188 valence electrons. The molecule has 0 saturated heterocycles. The number of amides is 2. The second-order valence-electron chi connectivity index (χ2n) is 11.2. The van der Waals surface area contributed by atoms with E-state index in [9.17, 15) is 9.59 Å². The number of aryl methyl sites for hydroxylation is 1. The molecule has 0 spiro atoms. The summed E-state index contributed by atoms with van der Waals surface area (Å²) in [7, 11) is 1.71. The van der Waals surface area contributed by atoms with Crippen LogP contribution in [0.25, 0.3) is 0 Å². The van der Waals surface area contributed by atoms with E-state index >= 15 is 4.39 Å². The average molecular weight is 481 g/mol. The van der Waals surface area contributed by atoms with Gasteiger partial charge < -0.3 is 10.6 Å². The Balaban J connectivity index is 1.38. The highest BCUT2D eigenvalue weighted by molar-refractivity contribution is 6.00. The van der Waals surface area contributed by atoms with E-state index in [1.165, 1.54) is 17.2 Å². The molecule has 2 N–H and O–H groups in total. The number of aromatic nitrogens is 2. The zero-order valence-electron chi connectivity index (χ0n) is 20.9.